The zero-order chi connectivity index (χ0) is 20.5. The number of para-hydroxylation sites is 1. The number of rotatable bonds is 2. The quantitative estimate of drug-likeness (QED) is 0.722. The lowest BCUT2D eigenvalue weighted by Gasteiger charge is -2.36. The predicted molar refractivity (Wildman–Crippen MR) is 94.8 cm³/mol. The molecule has 2 saturated heterocycles. The number of nitrogens with one attached hydrogen (secondary N) is 2. The Bertz CT molecular complexity index is 853. The van der Waals surface area contributed by atoms with E-state index in [9.17, 15) is 18.0 Å². The molecule has 1 amide bonds. The Balaban J connectivity index is 0.000000279. The van der Waals surface area contributed by atoms with E-state index in [1.807, 2.05) is 24.3 Å². The Morgan fingerprint density at radius 1 is 1.21 bits per heavy atom. The van der Waals surface area contributed by atoms with Gasteiger partial charge in [-0.2, -0.15) is 18.3 Å². The minimum Gasteiger partial charge on any atom is -0.475 e. The molecule has 7 nitrogen and oxygen atoms in total. The van der Waals surface area contributed by atoms with Gasteiger partial charge < -0.3 is 15.3 Å². The maximum absolute atomic E-state index is 12.5. The smallest absolute Gasteiger partial charge is 0.475 e. The Labute approximate surface area is 158 Å². The van der Waals surface area contributed by atoms with Crippen molar-refractivity contribution in [2.24, 2.45) is 0 Å². The van der Waals surface area contributed by atoms with Gasteiger partial charge in [0, 0.05) is 23.5 Å². The third kappa shape index (κ3) is 4.27. The van der Waals surface area contributed by atoms with Gasteiger partial charge in [-0.3, -0.25) is 9.89 Å². The molecule has 3 N–H and O–H groups in total. The summed E-state index contributed by atoms with van der Waals surface area (Å²) in [6, 6.07) is 9.29. The number of carbonyl (C=O) groups excluding carboxylic acids is 1. The van der Waals surface area contributed by atoms with Gasteiger partial charge in [0.2, 0.25) is 0 Å². The molecule has 0 aliphatic carbocycles. The van der Waals surface area contributed by atoms with E-state index in [0.717, 1.165) is 23.7 Å². The first-order valence-electron chi connectivity index (χ1n) is 8.93. The standard InChI is InChI=1S/C16H20N4O.C2HF3O2/c1-20-11-6-7-12(20)9-10(8-11)17-16(21)15-13-4-2-3-5-14(13)18-19-15;3-2(4,5)1(6)7/h2-5,10-12H,6-9H2,1H3,(H,17,21)(H,18,19);(H,6,7)/t10-,11-,12+;. The number of aromatic nitrogens is 2. The first-order chi connectivity index (χ1) is 13.2. The van der Waals surface area contributed by atoms with Gasteiger partial charge in [-0.25, -0.2) is 4.79 Å². The first kappa shape index (κ1) is 20.1. The largest absolute Gasteiger partial charge is 0.490 e. The predicted octanol–water partition coefficient (Wildman–Crippen LogP) is 2.55. The maximum atomic E-state index is 12.5. The highest BCUT2D eigenvalue weighted by Gasteiger charge is 2.39. The second-order valence-electron chi connectivity index (χ2n) is 7.11. The monoisotopic (exact) mass is 398 g/mol. The number of piperidine rings is 1. The molecule has 2 aromatic rings. The number of fused-ring (bicyclic) bond motifs is 3. The van der Waals surface area contributed by atoms with Crippen molar-refractivity contribution in [3.63, 3.8) is 0 Å². The molecular formula is C18H21F3N4O3. The summed E-state index contributed by atoms with van der Waals surface area (Å²) in [7, 11) is 2.21. The highest BCUT2D eigenvalue weighted by Crippen LogP contribution is 2.34. The first-order valence-corrected chi connectivity index (χ1v) is 8.93. The van der Waals surface area contributed by atoms with E-state index in [-0.39, 0.29) is 11.9 Å². The lowest BCUT2D eigenvalue weighted by Crippen LogP contribution is -2.48. The summed E-state index contributed by atoms with van der Waals surface area (Å²) in [6.07, 6.45) is -0.445. The molecule has 1 aromatic heterocycles. The van der Waals surface area contributed by atoms with Crippen LogP contribution in [0.25, 0.3) is 10.9 Å². The zero-order valence-electron chi connectivity index (χ0n) is 15.2. The molecule has 1 aromatic carbocycles. The molecule has 152 valence electrons. The SMILES string of the molecule is CN1[C@@H]2CC[C@H]1C[C@H](NC(=O)c1n[nH]c3ccccc13)C2.O=C(O)C(F)(F)F. The van der Waals surface area contributed by atoms with E-state index < -0.39 is 12.1 Å². The number of benzene rings is 1. The van der Waals surface area contributed by atoms with E-state index in [1.54, 1.807) is 0 Å². The second-order valence-corrected chi connectivity index (χ2v) is 7.11. The minimum absolute atomic E-state index is 0.0543. The molecular weight excluding hydrogens is 377 g/mol. The van der Waals surface area contributed by atoms with Crippen LogP contribution in [0.4, 0.5) is 13.2 Å². The number of hydrogen-bond acceptors (Lipinski definition) is 4. The summed E-state index contributed by atoms with van der Waals surface area (Å²) >= 11 is 0. The van der Waals surface area contributed by atoms with Crippen LogP contribution in [0.3, 0.4) is 0 Å². The molecule has 3 atom stereocenters. The number of nitrogens with zero attached hydrogens (tertiary/aromatic N) is 2. The number of amides is 1. The number of carboxylic acid groups (broad SMARTS) is 1. The van der Waals surface area contributed by atoms with Crippen LogP contribution >= 0.6 is 0 Å². The fourth-order valence-corrected chi connectivity index (χ4v) is 3.92. The van der Waals surface area contributed by atoms with Crippen LogP contribution < -0.4 is 5.32 Å². The molecule has 0 radical (unpaired) electrons. The molecule has 28 heavy (non-hydrogen) atoms. The van der Waals surface area contributed by atoms with Crippen LogP contribution in [-0.2, 0) is 4.79 Å². The van der Waals surface area contributed by atoms with Crippen molar-refractivity contribution >= 4 is 22.8 Å². The van der Waals surface area contributed by atoms with Crippen molar-refractivity contribution in [2.45, 2.75) is 50.0 Å². The highest BCUT2D eigenvalue weighted by molar-refractivity contribution is 6.04. The summed E-state index contributed by atoms with van der Waals surface area (Å²) in [5, 5.41) is 18.3. The van der Waals surface area contributed by atoms with Gasteiger partial charge in [0.25, 0.3) is 5.91 Å². The summed E-state index contributed by atoms with van der Waals surface area (Å²) < 4.78 is 31.7. The number of alkyl halides is 3. The topological polar surface area (TPSA) is 98.3 Å². The average molecular weight is 398 g/mol. The van der Waals surface area contributed by atoms with E-state index in [2.05, 4.69) is 27.5 Å². The summed E-state index contributed by atoms with van der Waals surface area (Å²) in [4.78, 5) is 23.9. The Kier molecular flexibility index (Phi) is 5.59. The second kappa shape index (κ2) is 7.78. The molecule has 2 bridgehead atoms. The van der Waals surface area contributed by atoms with E-state index >= 15 is 0 Å². The van der Waals surface area contributed by atoms with Gasteiger partial charge in [-0.05, 0) is 38.8 Å². The molecule has 2 aliphatic rings. The number of halogens is 3. The molecule has 2 fully saturated rings. The number of aromatic amines is 1. The molecule has 2 aliphatic heterocycles. The third-order valence-electron chi connectivity index (χ3n) is 5.36. The molecule has 0 spiro atoms. The van der Waals surface area contributed by atoms with Gasteiger partial charge in [0.1, 0.15) is 0 Å². The average Bonchev–Trinajstić information content (AvgIpc) is 3.12. The van der Waals surface area contributed by atoms with Gasteiger partial charge >= 0.3 is 12.1 Å². The number of carbonyl (C=O) groups is 2. The highest BCUT2D eigenvalue weighted by atomic mass is 19.4. The fraction of sp³-hybridized carbons (Fsp3) is 0.500. The number of hydrogen-bond donors (Lipinski definition) is 3. The van der Waals surface area contributed by atoms with E-state index in [4.69, 9.17) is 9.90 Å². The fourth-order valence-electron chi connectivity index (χ4n) is 3.92. The van der Waals surface area contributed by atoms with Crippen LogP contribution in [0.2, 0.25) is 0 Å². The van der Waals surface area contributed by atoms with Gasteiger partial charge in [0.15, 0.2) is 5.69 Å². The molecule has 3 heterocycles. The molecule has 0 saturated carbocycles. The number of carboxylic acids is 1. The van der Waals surface area contributed by atoms with Gasteiger partial charge in [-0.15, -0.1) is 0 Å². The van der Waals surface area contributed by atoms with E-state index in [1.165, 1.54) is 12.8 Å². The van der Waals surface area contributed by atoms with Crippen molar-refractivity contribution in [3.05, 3.63) is 30.0 Å². The van der Waals surface area contributed by atoms with Crippen LogP contribution in [0, 0.1) is 0 Å². The molecule has 10 heteroatoms. The van der Waals surface area contributed by atoms with Crippen LogP contribution in [-0.4, -0.2) is 63.4 Å². The Morgan fingerprint density at radius 2 is 1.79 bits per heavy atom. The van der Waals surface area contributed by atoms with E-state index in [0.29, 0.717) is 17.8 Å². The van der Waals surface area contributed by atoms with Crippen LogP contribution in [0.1, 0.15) is 36.2 Å². The van der Waals surface area contributed by atoms with Crippen LogP contribution in [0.5, 0.6) is 0 Å². The normalized spacial score (nSPS) is 24.5. The van der Waals surface area contributed by atoms with Crippen molar-refractivity contribution in [1.82, 2.24) is 20.4 Å². The lowest BCUT2D eigenvalue weighted by atomic mass is 9.98. The lowest BCUT2D eigenvalue weighted by molar-refractivity contribution is -0.192. The Hall–Kier alpha value is -2.62. The molecule has 4 rings (SSSR count). The zero-order valence-corrected chi connectivity index (χ0v) is 15.2. The third-order valence-corrected chi connectivity index (χ3v) is 5.36. The summed E-state index contributed by atoms with van der Waals surface area (Å²) in [6.45, 7) is 0. The van der Waals surface area contributed by atoms with Gasteiger partial charge in [-0.1, -0.05) is 18.2 Å². The maximum Gasteiger partial charge on any atom is 0.490 e. The summed E-state index contributed by atoms with van der Waals surface area (Å²) in [5.74, 6) is -2.81. The Morgan fingerprint density at radius 3 is 2.36 bits per heavy atom. The number of H-pyrrole nitrogens is 1. The number of aliphatic carboxylic acids is 1. The van der Waals surface area contributed by atoms with Crippen molar-refractivity contribution < 1.29 is 27.9 Å². The van der Waals surface area contributed by atoms with Crippen molar-refractivity contribution in [3.8, 4) is 0 Å². The van der Waals surface area contributed by atoms with Crippen molar-refractivity contribution in [1.29, 1.82) is 0 Å². The van der Waals surface area contributed by atoms with Gasteiger partial charge in [0.05, 0.1) is 5.52 Å². The summed E-state index contributed by atoms with van der Waals surface area (Å²) in [5.41, 5.74) is 1.42. The minimum atomic E-state index is -5.08. The van der Waals surface area contributed by atoms with Crippen molar-refractivity contribution in [2.75, 3.05) is 7.05 Å². The molecule has 0 unspecified atom stereocenters. The van der Waals surface area contributed by atoms with Crippen LogP contribution in [0.15, 0.2) is 24.3 Å².